The number of anilines is 1. The summed E-state index contributed by atoms with van der Waals surface area (Å²) in [5.41, 5.74) is 5.54. The monoisotopic (exact) mass is 419 g/mol. The molecule has 2 aliphatic rings. The van der Waals surface area contributed by atoms with E-state index in [1.807, 2.05) is 11.0 Å². The smallest absolute Gasteiger partial charge is 0.224 e. The van der Waals surface area contributed by atoms with Crippen molar-refractivity contribution in [2.24, 2.45) is 0 Å². The number of nitrogens with zero attached hydrogens (tertiary/aromatic N) is 2. The zero-order valence-corrected chi connectivity index (χ0v) is 18.6. The van der Waals surface area contributed by atoms with E-state index in [-0.39, 0.29) is 18.0 Å². The summed E-state index contributed by atoms with van der Waals surface area (Å²) in [6, 6.07) is 15.1. The van der Waals surface area contributed by atoms with Gasteiger partial charge in [0, 0.05) is 25.2 Å². The van der Waals surface area contributed by atoms with E-state index in [0.29, 0.717) is 0 Å². The molecule has 2 aromatic carbocycles. The molecule has 4 rings (SSSR count). The number of piperidine rings is 1. The van der Waals surface area contributed by atoms with Crippen molar-refractivity contribution in [1.82, 2.24) is 10.2 Å². The summed E-state index contributed by atoms with van der Waals surface area (Å²) in [6.07, 6.45) is 6.33. The largest absolute Gasteiger partial charge is 0.352 e. The van der Waals surface area contributed by atoms with Crippen molar-refractivity contribution in [2.45, 2.75) is 64.6 Å². The van der Waals surface area contributed by atoms with Gasteiger partial charge in [-0.05, 0) is 73.2 Å². The Labute approximate surface area is 185 Å². The lowest BCUT2D eigenvalue weighted by molar-refractivity contribution is -0.117. The van der Waals surface area contributed by atoms with Crippen LogP contribution in [0.25, 0.3) is 11.1 Å². The lowest BCUT2D eigenvalue weighted by Crippen LogP contribution is -2.45. The minimum Gasteiger partial charge on any atom is -0.352 e. The Morgan fingerprint density at radius 1 is 1.06 bits per heavy atom. The third kappa shape index (κ3) is 4.67. The highest BCUT2D eigenvalue weighted by Crippen LogP contribution is 2.40. The van der Waals surface area contributed by atoms with Crippen LogP contribution in [0, 0.1) is 0 Å². The molecule has 1 saturated heterocycles. The summed E-state index contributed by atoms with van der Waals surface area (Å²) in [7, 11) is 0. The van der Waals surface area contributed by atoms with Gasteiger partial charge >= 0.3 is 0 Å². The molecule has 5 heteroatoms. The minimum absolute atomic E-state index is 0.0486. The maximum atomic E-state index is 12.4. The van der Waals surface area contributed by atoms with Gasteiger partial charge in [-0.1, -0.05) is 43.7 Å². The van der Waals surface area contributed by atoms with E-state index >= 15 is 0 Å². The van der Waals surface area contributed by atoms with Crippen molar-refractivity contribution in [3.05, 3.63) is 53.6 Å². The van der Waals surface area contributed by atoms with E-state index in [4.69, 9.17) is 0 Å². The second kappa shape index (κ2) is 9.65. The zero-order valence-electron chi connectivity index (χ0n) is 18.6. The van der Waals surface area contributed by atoms with Crippen LogP contribution in [0.1, 0.15) is 63.1 Å². The molecule has 164 valence electrons. The molecule has 2 heterocycles. The maximum Gasteiger partial charge on any atom is 0.224 e. The van der Waals surface area contributed by atoms with Gasteiger partial charge in [0.2, 0.25) is 12.3 Å². The number of carbonyl (C=O) groups is 2. The molecule has 0 aromatic heterocycles. The number of hydrogen-bond acceptors (Lipinski definition) is 3. The Morgan fingerprint density at radius 3 is 2.42 bits per heavy atom. The molecule has 0 spiro atoms. The van der Waals surface area contributed by atoms with Crippen LogP contribution in [0.4, 0.5) is 5.69 Å². The van der Waals surface area contributed by atoms with Gasteiger partial charge in [-0.3, -0.25) is 14.5 Å². The fraction of sp³-hybridized carbons (Fsp3) is 0.462. The minimum atomic E-state index is -0.0774. The van der Waals surface area contributed by atoms with Gasteiger partial charge < -0.3 is 10.2 Å². The van der Waals surface area contributed by atoms with E-state index in [1.54, 1.807) is 6.92 Å². The van der Waals surface area contributed by atoms with E-state index in [9.17, 15) is 9.59 Å². The molecule has 0 unspecified atom stereocenters. The Balaban J connectivity index is 1.61. The second-order valence-electron chi connectivity index (χ2n) is 8.83. The lowest BCUT2D eigenvalue weighted by atomic mass is 9.87. The molecule has 1 N–H and O–H groups in total. The lowest BCUT2D eigenvalue weighted by Gasteiger charge is -2.40. The van der Waals surface area contributed by atoms with Crippen LogP contribution >= 0.6 is 0 Å². The van der Waals surface area contributed by atoms with Gasteiger partial charge in [-0.2, -0.15) is 0 Å². The number of carbonyl (C=O) groups excluding carboxylic acids is 2. The number of likely N-dealkylation sites (tertiary alicyclic amines) is 1. The standard InChI is InChI=1S/C26H33N3O2/c1-3-23-16-25(27-18-30)24-15-22(11-12-26(24)29(23)19(2)31)21-9-7-20(8-10-21)17-28-13-5-4-6-14-28/h7-12,15,18,23,25H,3-6,13-14,16-17H2,1-2H3,(H,27,30)/t23-,25+/m0/s1. The summed E-state index contributed by atoms with van der Waals surface area (Å²) in [5, 5.41) is 2.97. The highest BCUT2D eigenvalue weighted by atomic mass is 16.2. The zero-order chi connectivity index (χ0) is 21.8. The molecule has 2 aliphatic heterocycles. The SMILES string of the molecule is CC[C@H]1C[C@@H](NC=O)c2cc(-c3ccc(CN4CCCCC4)cc3)ccc2N1C(C)=O. The Hall–Kier alpha value is -2.66. The first-order valence-electron chi connectivity index (χ1n) is 11.6. The molecule has 2 aromatic rings. The molecule has 2 amide bonds. The summed E-state index contributed by atoms with van der Waals surface area (Å²) < 4.78 is 0. The van der Waals surface area contributed by atoms with Crippen LogP contribution < -0.4 is 10.2 Å². The molecular formula is C26H33N3O2. The highest BCUT2D eigenvalue weighted by Gasteiger charge is 2.33. The molecule has 31 heavy (non-hydrogen) atoms. The Kier molecular flexibility index (Phi) is 6.71. The van der Waals surface area contributed by atoms with Crippen LogP contribution in [0.2, 0.25) is 0 Å². The van der Waals surface area contributed by atoms with Gasteiger partial charge in [0.15, 0.2) is 0 Å². The molecular weight excluding hydrogens is 386 g/mol. The first-order chi connectivity index (χ1) is 15.1. The Morgan fingerprint density at radius 2 is 1.77 bits per heavy atom. The average molecular weight is 420 g/mol. The molecule has 2 atom stereocenters. The molecule has 0 radical (unpaired) electrons. The van der Waals surface area contributed by atoms with Crippen molar-refractivity contribution in [2.75, 3.05) is 18.0 Å². The van der Waals surface area contributed by atoms with Crippen LogP contribution in [0.5, 0.6) is 0 Å². The molecule has 0 aliphatic carbocycles. The van der Waals surface area contributed by atoms with Gasteiger partial charge in [0.25, 0.3) is 0 Å². The predicted octanol–water partition coefficient (Wildman–Crippen LogP) is 4.66. The van der Waals surface area contributed by atoms with E-state index < -0.39 is 0 Å². The number of amides is 2. The molecule has 1 fully saturated rings. The molecule has 0 bridgehead atoms. The van der Waals surface area contributed by atoms with Crippen molar-refractivity contribution in [3.63, 3.8) is 0 Å². The fourth-order valence-corrected chi connectivity index (χ4v) is 5.13. The quantitative estimate of drug-likeness (QED) is 0.693. The maximum absolute atomic E-state index is 12.4. The summed E-state index contributed by atoms with van der Waals surface area (Å²) in [5.74, 6) is 0.0486. The average Bonchev–Trinajstić information content (AvgIpc) is 2.79. The van der Waals surface area contributed by atoms with Crippen molar-refractivity contribution in [1.29, 1.82) is 0 Å². The first kappa shape index (κ1) is 21.6. The van der Waals surface area contributed by atoms with Gasteiger partial charge in [-0.15, -0.1) is 0 Å². The van der Waals surface area contributed by atoms with Gasteiger partial charge in [-0.25, -0.2) is 0 Å². The number of hydrogen-bond donors (Lipinski definition) is 1. The van der Waals surface area contributed by atoms with Gasteiger partial charge in [0.05, 0.1) is 6.04 Å². The van der Waals surface area contributed by atoms with Crippen LogP contribution in [0.3, 0.4) is 0 Å². The van der Waals surface area contributed by atoms with Crippen molar-refractivity contribution in [3.8, 4) is 11.1 Å². The number of nitrogens with one attached hydrogen (secondary N) is 1. The van der Waals surface area contributed by atoms with Crippen molar-refractivity contribution >= 4 is 18.0 Å². The number of fused-ring (bicyclic) bond motifs is 1. The first-order valence-corrected chi connectivity index (χ1v) is 11.6. The normalized spacial score (nSPS) is 21.4. The number of benzene rings is 2. The van der Waals surface area contributed by atoms with E-state index in [2.05, 4.69) is 53.5 Å². The summed E-state index contributed by atoms with van der Waals surface area (Å²) in [6.45, 7) is 7.12. The van der Waals surface area contributed by atoms with Gasteiger partial charge in [0.1, 0.15) is 0 Å². The summed E-state index contributed by atoms with van der Waals surface area (Å²) in [4.78, 5) is 28.1. The Bertz CT molecular complexity index is 919. The highest BCUT2D eigenvalue weighted by molar-refractivity contribution is 5.94. The molecule has 0 saturated carbocycles. The van der Waals surface area contributed by atoms with Crippen LogP contribution in [-0.2, 0) is 16.1 Å². The van der Waals surface area contributed by atoms with E-state index in [0.717, 1.165) is 48.2 Å². The predicted molar refractivity (Wildman–Crippen MR) is 125 cm³/mol. The summed E-state index contributed by atoms with van der Waals surface area (Å²) >= 11 is 0. The third-order valence-corrected chi connectivity index (χ3v) is 6.76. The molecule has 5 nitrogen and oxygen atoms in total. The third-order valence-electron chi connectivity index (χ3n) is 6.76. The number of rotatable bonds is 6. The van der Waals surface area contributed by atoms with E-state index in [1.165, 1.54) is 37.9 Å². The fourth-order valence-electron chi connectivity index (χ4n) is 5.13. The van der Waals surface area contributed by atoms with Crippen LogP contribution in [0.15, 0.2) is 42.5 Å². The van der Waals surface area contributed by atoms with Crippen LogP contribution in [-0.4, -0.2) is 36.3 Å². The van der Waals surface area contributed by atoms with Crippen molar-refractivity contribution < 1.29 is 9.59 Å². The topological polar surface area (TPSA) is 52.7 Å². The second-order valence-corrected chi connectivity index (χ2v) is 8.83.